The number of likely N-dealkylation sites (tertiary alicyclic amines) is 1. The Bertz CT molecular complexity index is 724. The zero-order chi connectivity index (χ0) is 19.3. The molecule has 1 aromatic carbocycles. The van der Waals surface area contributed by atoms with Gasteiger partial charge in [0.25, 0.3) is 5.69 Å². The monoisotopic (exact) mass is 383 g/mol. The molecule has 1 heterocycles. The predicted molar refractivity (Wildman–Crippen MR) is 103 cm³/mol. The average Bonchev–Trinajstić information content (AvgIpc) is 3.11. The van der Waals surface area contributed by atoms with Crippen molar-refractivity contribution in [1.82, 2.24) is 4.90 Å². The molecule has 0 aliphatic carbocycles. The summed E-state index contributed by atoms with van der Waals surface area (Å²) in [6.07, 6.45) is 5.57. The number of sulfone groups is 1. The maximum Gasteiger partial charge on any atom is 0.293 e. The van der Waals surface area contributed by atoms with Crippen molar-refractivity contribution in [2.75, 3.05) is 31.2 Å². The van der Waals surface area contributed by atoms with Crippen LogP contribution < -0.4 is 5.32 Å². The van der Waals surface area contributed by atoms with E-state index in [0.717, 1.165) is 38.3 Å². The fourth-order valence-electron chi connectivity index (χ4n) is 3.76. The lowest BCUT2D eigenvalue weighted by Crippen LogP contribution is -2.43. The lowest BCUT2D eigenvalue weighted by molar-refractivity contribution is -0.384. The molecule has 1 atom stereocenters. The first-order chi connectivity index (χ1) is 12.3. The fraction of sp³-hybridized carbons (Fsp3) is 0.667. The number of hydrogen-bond acceptors (Lipinski definition) is 6. The quantitative estimate of drug-likeness (QED) is 0.519. The maximum absolute atomic E-state index is 11.7. The van der Waals surface area contributed by atoms with Gasteiger partial charge in [-0.05, 0) is 44.0 Å². The SMILES string of the molecule is CCC(CC)[C@@H](CNc1ccc(S(C)(=O)=O)cc1[N+](=O)[O-])N1CCCC1. The highest BCUT2D eigenvalue weighted by Crippen LogP contribution is 2.29. The van der Waals surface area contributed by atoms with Gasteiger partial charge in [-0.25, -0.2) is 8.42 Å². The van der Waals surface area contributed by atoms with Crippen LogP contribution in [0.4, 0.5) is 11.4 Å². The number of hydrogen-bond donors (Lipinski definition) is 1. The predicted octanol–water partition coefficient (Wildman–Crippen LogP) is 3.31. The molecule has 0 saturated carbocycles. The molecule has 0 amide bonds. The molecule has 0 aromatic heterocycles. The number of nitro benzene ring substituents is 1. The highest BCUT2D eigenvalue weighted by atomic mass is 32.2. The number of nitro groups is 1. The van der Waals surface area contributed by atoms with E-state index in [2.05, 4.69) is 24.1 Å². The normalized spacial score (nSPS) is 16.8. The van der Waals surface area contributed by atoms with Gasteiger partial charge in [0.1, 0.15) is 5.69 Å². The van der Waals surface area contributed by atoms with Crippen molar-refractivity contribution in [2.24, 2.45) is 5.92 Å². The Morgan fingerprint density at radius 3 is 2.35 bits per heavy atom. The molecule has 0 bridgehead atoms. The van der Waals surface area contributed by atoms with Crippen LogP contribution in [-0.4, -0.2) is 50.2 Å². The van der Waals surface area contributed by atoms with Crippen molar-refractivity contribution >= 4 is 21.2 Å². The molecule has 26 heavy (non-hydrogen) atoms. The van der Waals surface area contributed by atoms with Gasteiger partial charge in [-0.15, -0.1) is 0 Å². The molecule has 7 nitrogen and oxygen atoms in total. The van der Waals surface area contributed by atoms with Crippen LogP contribution in [0.3, 0.4) is 0 Å². The Labute approximate surface area is 155 Å². The summed E-state index contributed by atoms with van der Waals surface area (Å²) in [5.74, 6) is 0.523. The van der Waals surface area contributed by atoms with E-state index in [0.29, 0.717) is 24.2 Å². The molecule has 1 saturated heterocycles. The van der Waals surface area contributed by atoms with E-state index in [9.17, 15) is 18.5 Å². The van der Waals surface area contributed by atoms with Crippen molar-refractivity contribution in [3.05, 3.63) is 28.3 Å². The first-order valence-corrected chi connectivity index (χ1v) is 11.1. The number of benzene rings is 1. The Morgan fingerprint density at radius 1 is 1.23 bits per heavy atom. The van der Waals surface area contributed by atoms with Gasteiger partial charge in [0.15, 0.2) is 9.84 Å². The number of rotatable bonds is 9. The third-order valence-corrected chi connectivity index (χ3v) is 6.41. The van der Waals surface area contributed by atoms with E-state index in [1.54, 1.807) is 0 Å². The molecule has 1 N–H and O–H groups in total. The van der Waals surface area contributed by atoms with Crippen LogP contribution in [0.2, 0.25) is 0 Å². The first-order valence-electron chi connectivity index (χ1n) is 9.24. The largest absolute Gasteiger partial charge is 0.378 e. The fourth-order valence-corrected chi connectivity index (χ4v) is 4.40. The van der Waals surface area contributed by atoms with Gasteiger partial charge in [0, 0.05) is 24.9 Å². The summed E-state index contributed by atoms with van der Waals surface area (Å²) in [5.41, 5.74) is 0.176. The third kappa shape index (κ3) is 4.94. The molecule has 2 rings (SSSR count). The topological polar surface area (TPSA) is 92.5 Å². The minimum Gasteiger partial charge on any atom is -0.378 e. The number of anilines is 1. The molecule has 1 fully saturated rings. The maximum atomic E-state index is 11.7. The van der Waals surface area contributed by atoms with E-state index in [4.69, 9.17) is 0 Å². The Kier molecular flexibility index (Phi) is 7.00. The Hall–Kier alpha value is -1.67. The lowest BCUT2D eigenvalue weighted by atomic mass is 9.93. The van der Waals surface area contributed by atoms with Crippen LogP contribution in [0, 0.1) is 16.0 Å². The van der Waals surface area contributed by atoms with Crippen molar-refractivity contribution in [1.29, 1.82) is 0 Å². The number of nitrogens with zero attached hydrogens (tertiary/aromatic N) is 2. The second-order valence-electron chi connectivity index (χ2n) is 6.98. The molecule has 0 unspecified atom stereocenters. The smallest absolute Gasteiger partial charge is 0.293 e. The van der Waals surface area contributed by atoms with Gasteiger partial charge in [-0.1, -0.05) is 26.7 Å². The van der Waals surface area contributed by atoms with Crippen LogP contribution in [0.5, 0.6) is 0 Å². The molecule has 1 aliphatic heterocycles. The van der Waals surface area contributed by atoms with E-state index >= 15 is 0 Å². The summed E-state index contributed by atoms with van der Waals surface area (Å²) in [5, 5.41) is 14.6. The Balaban J connectivity index is 2.23. The summed E-state index contributed by atoms with van der Waals surface area (Å²) in [6.45, 7) is 7.11. The highest BCUT2D eigenvalue weighted by molar-refractivity contribution is 7.90. The van der Waals surface area contributed by atoms with Gasteiger partial charge >= 0.3 is 0 Å². The van der Waals surface area contributed by atoms with Crippen LogP contribution in [-0.2, 0) is 9.84 Å². The van der Waals surface area contributed by atoms with Gasteiger partial charge in [0.05, 0.1) is 9.82 Å². The lowest BCUT2D eigenvalue weighted by Gasteiger charge is -2.34. The molecular weight excluding hydrogens is 354 g/mol. The molecule has 8 heteroatoms. The summed E-state index contributed by atoms with van der Waals surface area (Å²) < 4.78 is 23.4. The molecule has 0 radical (unpaired) electrons. The second kappa shape index (κ2) is 8.81. The highest BCUT2D eigenvalue weighted by Gasteiger charge is 2.28. The first kappa shape index (κ1) is 20.6. The molecule has 0 spiro atoms. The summed E-state index contributed by atoms with van der Waals surface area (Å²) >= 11 is 0. The minimum absolute atomic E-state index is 0.0363. The summed E-state index contributed by atoms with van der Waals surface area (Å²) in [7, 11) is -3.48. The van der Waals surface area contributed by atoms with Crippen LogP contribution in [0.15, 0.2) is 23.1 Å². The molecule has 146 valence electrons. The van der Waals surface area contributed by atoms with Crippen LogP contribution >= 0.6 is 0 Å². The van der Waals surface area contributed by atoms with Gasteiger partial charge in [0.2, 0.25) is 0 Å². The van der Waals surface area contributed by atoms with Crippen LogP contribution in [0.25, 0.3) is 0 Å². The van der Waals surface area contributed by atoms with Crippen molar-refractivity contribution < 1.29 is 13.3 Å². The van der Waals surface area contributed by atoms with E-state index in [1.165, 1.54) is 25.0 Å². The molecule has 1 aromatic rings. The zero-order valence-corrected chi connectivity index (χ0v) is 16.6. The third-order valence-electron chi connectivity index (χ3n) is 5.30. The second-order valence-corrected chi connectivity index (χ2v) is 8.99. The standard InChI is InChI=1S/C18H29N3O4S/c1-4-14(5-2)18(20-10-6-7-11-20)13-19-16-9-8-15(26(3,24)25)12-17(16)21(22)23/h8-9,12,14,18-19H,4-7,10-11,13H2,1-3H3/t18-/m1/s1. The van der Waals surface area contributed by atoms with Crippen LogP contribution in [0.1, 0.15) is 39.5 Å². The average molecular weight is 384 g/mol. The van der Waals surface area contributed by atoms with E-state index < -0.39 is 14.8 Å². The van der Waals surface area contributed by atoms with Crippen molar-refractivity contribution in [3.8, 4) is 0 Å². The van der Waals surface area contributed by atoms with Gasteiger partial charge < -0.3 is 5.32 Å². The molecule has 1 aliphatic rings. The van der Waals surface area contributed by atoms with Crippen molar-refractivity contribution in [3.63, 3.8) is 0 Å². The number of nitrogens with one attached hydrogen (secondary N) is 1. The van der Waals surface area contributed by atoms with Crippen molar-refractivity contribution in [2.45, 2.75) is 50.5 Å². The zero-order valence-electron chi connectivity index (χ0n) is 15.8. The minimum atomic E-state index is -3.48. The Morgan fingerprint density at radius 2 is 1.85 bits per heavy atom. The van der Waals surface area contributed by atoms with E-state index in [-0.39, 0.29) is 10.6 Å². The van der Waals surface area contributed by atoms with Gasteiger partial charge in [-0.3, -0.25) is 15.0 Å². The summed E-state index contributed by atoms with van der Waals surface area (Å²) in [6, 6.07) is 4.39. The van der Waals surface area contributed by atoms with Gasteiger partial charge in [-0.2, -0.15) is 0 Å². The summed E-state index contributed by atoms with van der Waals surface area (Å²) in [4.78, 5) is 13.3. The van der Waals surface area contributed by atoms with E-state index in [1.807, 2.05) is 0 Å². The molecular formula is C18H29N3O4S.